The van der Waals surface area contributed by atoms with Crippen molar-refractivity contribution in [2.45, 2.75) is 73.5 Å². The summed E-state index contributed by atoms with van der Waals surface area (Å²) in [6.07, 6.45) is 0.667. The zero-order valence-corrected chi connectivity index (χ0v) is 32.6. The van der Waals surface area contributed by atoms with Gasteiger partial charge in [-0.25, -0.2) is 13.9 Å². The predicted octanol–water partition coefficient (Wildman–Crippen LogP) is 10.7. The fourth-order valence-electron chi connectivity index (χ4n) is 5.74. The Morgan fingerprint density at radius 2 is 1.30 bits per heavy atom. The molecule has 0 unspecified atom stereocenters. The minimum Gasteiger partial charge on any atom is -0.438 e. The summed E-state index contributed by atoms with van der Waals surface area (Å²) in [5.41, 5.74) is 5.78. The number of urea groups is 1. The van der Waals surface area contributed by atoms with Gasteiger partial charge in [0.05, 0.1) is 31.0 Å². The van der Waals surface area contributed by atoms with E-state index in [0.717, 1.165) is 41.0 Å². The normalized spacial score (nSPS) is 12.1. The van der Waals surface area contributed by atoms with Crippen LogP contribution >= 0.6 is 7.82 Å². The third-order valence-electron chi connectivity index (χ3n) is 8.36. The molecule has 0 radical (unpaired) electrons. The van der Waals surface area contributed by atoms with Crippen molar-refractivity contribution in [3.05, 3.63) is 125 Å². The first-order chi connectivity index (χ1) is 25.4. The van der Waals surface area contributed by atoms with Crippen LogP contribution in [0.2, 0.25) is 0 Å². The van der Waals surface area contributed by atoms with Crippen molar-refractivity contribution >= 4 is 36.9 Å². The molecule has 284 valence electrons. The largest absolute Gasteiger partial charge is 0.478 e. The number of nitrogens with zero attached hydrogens (tertiary/aromatic N) is 1. The lowest BCUT2D eigenvalue weighted by Crippen LogP contribution is -2.32. The highest BCUT2D eigenvalue weighted by Gasteiger charge is 2.28. The van der Waals surface area contributed by atoms with Crippen LogP contribution in [0.1, 0.15) is 75.6 Å². The van der Waals surface area contributed by atoms with Crippen LogP contribution in [0, 0.1) is 18.8 Å². The number of phosphoric acid groups is 1. The Balaban J connectivity index is 1.46. The first-order valence-electron chi connectivity index (χ1n) is 18.2. The van der Waals surface area contributed by atoms with Crippen molar-refractivity contribution < 1.29 is 32.5 Å². The van der Waals surface area contributed by atoms with Gasteiger partial charge in [0.2, 0.25) is 6.79 Å². The van der Waals surface area contributed by atoms with Gasteiger partial charge in [-0.15, -0.1) is 0 Å². The number of carbonyl (C=O) groups is 2. The molecule has 4 aromatic carbocycles. The maximum Gasteiger partial charge on any atom is 0.478 e. The van der Waals surface area contributed by atoms with Crippen molar-refractivity contribution in [3.8, 4) is 0 Å². The summed E-state index contributed by atoms with van der Waals surface area (Å²) >= 11 is 0. The molecule has 10 nitrogen and oxygen atoms in total. The van der Waals surface area contributed by atoms with E-state index in [4.69, 9.17) is 18.3 Å². The number of hydrogen-bond acceptors (Lipinski definition) is 8. The molecule has 0 spiro atoms. The number of esters is 1. The fourth-order valence-corrected chi connectivity index (χ4v) is 6.76. The molecule has 4 rings (SSSR count). The molecule has 0 aliphatic rings. The van der Waals surface area contributed by atoms with Gasteiger partial charge in [-0.2, -0.15) is 0 Å². The molecular weight excluding hydrogens is 689 g/mol. The number of nitrogens with one attached hydrogen (secondary N) is 2. The van der Waals surface area contributed by atoms with Gasteiger partial charge in [0.15, 0.2) is 0 Å². The highest BCUT2D eigenvalue weighted by atomic mass is 31.2. The van der Waals surface area contributed by atoms with E-state index in [1.54, 1.807) is 0 Å². The summed E-state index contributed by atoms with van der Waals surface area (Å²) in [6, 6.07) is 31.7. The molecule has 11 heteroatoms. The first-order valence-corrected chi connectivity index (χ1v) is 19.7. The van der Waals surface area contributed by atoms with Crippen LogP contribution in [-0.2, 0) is 40.9 Å². The molecule has 0 saturated heterocycles. The highest BCUT2D eigenvalue weighted by Crippen LogP contribution is 2.51. The lowest BCUT2D eigenvalue weighted by Gasteiger charge is -2.31. The van der Waals surface area contributed by atoms with Gasteiger partial charge < -0.3 is 20.3 Å². The Morgan fingerprint density at radius 3 is 1.83 bits per heavy atom. The number of phosphoric ester groups is 1. The number of hydrogen-bond donors (Lipinski definition) is 2. The van der Waals surface area contributed by atoms with Crippen LogP contribution in [0.4, 0.5) is 21.9 Å². The van der Waals surface area contributed by atoms with Gasteiger partial charge in [-0.3, -0.25) is 13.8 Å². The van der Waals surface area contributed by atoms with Crippen LogP contribution in [0.3, 0.4) is 0 Å². The van der Waals surface area contributed by atoms with Crippen LogP contribution in [0.5, 0.6) is 0 Å². The summed E-state index contributed by atoms with van der Waals surface area (Å²) in [5, 5.41) is 6.02. The van der Waals surface area contributed by atoms with Gasteiger partial charge in [0.1, 0.15) is 0 Å². The monoisotopic (exact) mass is 743 g/mol. The van der Waals surface area contributed by atoms with E-state index in [-0.39, 0.29) is 31.6 Å². The van der Waals surface area contributed by atoms with Crippen molar-refractivity contribution in [2.24, 2.45) is 11.8 Å². The lowest BCUT2D eigenvalue weighted by molar-refractivity contribution is -0.151. The molecule has 1 atom stereocenters. The zero-order valence-electron chi connectivity index (χ0n) is 31.7. The van der Waals surface area contributed by atoms with E-state index >= 15 is 0 Å². The maximum absolute atomic E-state index is 13.6. The zero-order chi connectivity index (χ0) is 38.2. The van der Waals surface area contributed by atoms with Gasteiger partial charge in [0, 0.05) is 18.8 Å². The van der Waals surface area contributed by atoms with Crippen molar-refractivity contribution in [2.75, 3.05) is 35.4 Å². The molecule has 0 aromatic heterocycles. The second kappa shape index (κ2) is 20.7. The summed E-state index contributed by atoms with van der Waals surface area (Å²) in [7, 11) is -4.12. The van der Waals surface area contributed by atoms with Crippen molar-refractivity contribution in [3.63, 3.8) is 0 Å². The van der Waals surface area contributed by atoms with Crippen LogP contribution in [-0.4, -0.2) is 31.9 Å². The Morgan fingerprint density at radius 1 is 0.736 bits per heavy atom. The average Bonchev–Trinajstić information content (AvgIpc) is 3.13. The van der Waals surface area contributed by atoms with E-state index < -0.39 is 20.6 Å². The summed E-state index contributed by atoms with van der Waals surface area (Å²) < 4.78 is 35.8. The summed E-state index contributed by atoms with van der Waals surface area (Å²) in [4.78, 5) is 28.8. The number of carbonyl (C=O) groups excluding carboxylic acids is 2. The number of benzene rings is 4. The van der Waals surface area contributed by atoms with E-state index in [0.29, 0.717) is 29.6 Å². The minimum absolute atomic E-state index is 0.0140. The van der Waals surface area contributed by atoms with Crippen LogP contribution in [0.25, 0.3) is 0 Å². The van der Waals surface area contributed by atoms with E-state index in [9.17, 15) is 14.2 Å². The molecule has 0 saturated carbocycles. The third kappa shape index (κ3) is 14.1. The SMILES string of the molecule is CC[C@@H](CC(=O)OCOP(=O)(OCc1ccccc1)OCc1ccccc1)c1ccc(N(CC(C)C)CC(C)C)c(NC(=O)Nc2ccc(C)cc2)c1. The van der Waals surface area contributed by atoms with Gasteiger partial charge >= 0.3 is 19.8 Å². The second-order valence-electron chi connectivity index (χ2n) is 14.0. The molecule has 53 heavy (non-hydrogen) atoms. The van der Waals surface area contributed by atoms with Gasteiger partial charge in [0.25, 0.3) is 0 Å². The topological polar surface area (TPSA) is 115 Å². The van der Waals surface area contributed by atoms with E-state index in [2.05, 4.69) is 43.2 Å². The summed E-state index contributed by atoms with van der Waals surface area (Å²) in [5.74, 6) is 0.0273. The van der Waals surface area contributed by atoms with E-state index in [1.165, 1.54) is 0 Å². The first kappa shape index (κ1) is 41.3. The maximum atomic E-state index is 13.6. The Hall–Kier alpha value is -4.47. The smallest absolute Gasteiger partial charge is 0.438 e. The number of rotatable bonds is 20. The minimum atomic E-state index is -4.12. The van der Waals surface area contributed by atoms with E-state index in [1.807, 2.05) is 117 Å². The molecule has 0 aliphatic carbocycles. The average molecular weight is 744 g/mol. The molecule has 4 aromatic rings. The summed E-state index contributed by atoms with van der Waals surface area (Å²) in [6.45, 7) is 13.7. The number of ether oxygens (including phenoxy) is 1. The number of amides is 2. The van der Waals surface area contributed by atoms with Gasteiger partial charge in [-0.1, -0.05) is 119 Å². The lowest BCUT2D eigenvalue weighted by atomic mass is 9.92. The molecule has 0 fully saturated rings. The number of aryl methyl sites for hydroxylation is 1. The van der Waals surface area contributed by atoms with Crippen molar-refractivity contribution in [1.82, 2.24) is 0 Å². The van der Waals surface area contributed by atoms with Crippen LogP contribution in [0.15, 0.2) is 103 Å². The molecule has 2 N–H and O–H groups in total. The number of anilines is 3. The molecular formula is C42H54N3O7P. The highest BCUT2D eigenvalue weighted by molar-refractivity contribution is 7.48. The molecule has 2 amide bonds. The Labute approximate surface area is 314 Å². The quantitative estimate of drug-likeness (QED) is 0.0522. The Bertz CT molecular complexity index is 1710. The molecule has 0 aliphatic heterocycles. The third-order valence-corrected chi connectivity index (χ3v) is 9.67. The Kier molecular flexibility index (Phi) is 16.1. The fraction of sp³-hybridized carbons (Fsp3) is 0.381. The molecule has 0 heterocycles. The van der Waals surface area contributed by atoms with Crippen LogP contribution < -0.4 is 15.5 Å². The standard InChI is InChI=1S/C42H54N3O7P/c1-7-36(25-41(46)49-30-52-53(48,50-28-34-14-10-8-11-15-34)51-29-35-16-12-9-13-17-35)37-20-23-40(45(26-31(2)3)27-32(4)5)39(24-37)44-42(47)43-38-21-18-33(6)19-22-38/h8-24,31-32,36H,7,25-30H2,1-6H3,(H2,43,44,47)/t36-/m0/s1. The van der Waals surface area contributed by atoms with Gasteiger partial charge in [-0.05, 0) is 72.1 Å². The second-order valence-corrected chi connectivity index (χ2v) is 15.6. The molecule has 0 bridgehead atoms. The predicted molar refractivity (Wildman–Crippen MR) is 212 cm³/mol. The van der Waals surface area contributed by atoms with Crippen molar-refractivity contribution in [1.29, 1.82) is 0 Å².